The normalized spacial score (nSPS) is 12.8. The molecule has 0 unspecified atom stereocenters. The number of rotatable bonds is 3. The minimum absolute atomic E-state index is 1.13. The highest BCUT2D eigenvalue weighted by atomic mass is 35.5. The fourth-order valence-electron chi connectivity index (χ4n) is 0.272. The van der Waals surface area contributed by atoms with Crippen molar-refractivity contribution in [3.8, 4) is 0 Å². The molecule has 0 spiro atoms. The van der Waals surface area contributed by atoms with E-state index in [1.807, 2.05) is 0 Å². The summed E-state index contributed by atoms with van der Waals surface area (Å²) in [6.45, 7) is 0. The maximum atomic E-state index is 12.4. The zero-order valence-electron chi connectivity index (χ0n) is 5.40. The van der Waals surface area contributed by atoms with E-state index in [0.29, 0.717) is 0 Å². The number of hydrogen-bond donors (Lipinski definition) is 0. The van der Waals surface area contributed by atoms with Crippen molar-refractivity contribution in [2.75, 3.05) is 0 Å². The molecule has 0 aliphatic rings. The van der Waals surface area contributed by atoms with Gasteiger partial charge in [0.15, 0.2) is 0 Å². The SMILES string of the molecule is O=S(=O)(F)OC(F)(F)C(Cl)=C(Cl)Cl. The molecular weight excluding hydrogens is 279 g/mol. The van der Waals surface area contributed by atoms with Gasteiger partial charge in [0.05, 0.1) is 0 Å². The molecule has 0 aromatic rings. The zero-order valence-corrected chi connectivity index (χ0v) is 8.49. The molecule has 0 rings (SSSR count). The first-order valence-corrected chi connectivity index (χ1v) is 4.75. The second kappa shape index (κ2) is 4.22. The highest BCUT2D eigenvalue weighted by Gasteiger charge is 2.42. The van der Waals surface area contributed by atoms with Crippen LogP contribution in [0, 0.1) is 0 Å². The van der Waals surface area contributed by atoms with Crippen molar-refractivity contribution in [2.24, 2.45) is 0 Å². The molecule has 0 N–H and O–H groups in total. The molecule has 3 nitrogen and oxygen atoms in total. The van der Waals surface area contributed by atoms with E-state index in [1.165, 1.54) is 0 Å². The molecule has 10 heteroatoms. The van der Waals surface area contributed by atoms with Crippen molar-refractivity contribution in [3.05, 3.63) is 9.52 Å². The Hall–Kier alpha value is 0.310. The van der Waals surface area contributed by atoms with Crippen LogP contribution >= 0.6 is 34.8 Å². The fourth-order valence-corrected chi connectivity index (χ4v) is 0.909. The van der Waals surface area contributed by atoms with E-state index in [4.69, 9.17) is 34.8 Å². The van der Waals surface area contributed by atoms with Gasteiger partial charge in [-0.2, -0.15) is 21.4 Å². The van der Waals surface area contributed by atoms with Gasteiger partial charge < -0.3 is 0 Å². The minimum Gasteiger partial charge on any atom is -0.169 e. The first-order valence-electron chi connectivity index (χ1n) is 2.30. The zero-order chi connectivity index (χ0) is 10.9. The average Bonchev–Trinajstić information content (AvgIpc) is 1.80. The molecule has 0 radical (unpaired) electrons. The van der Waals surface area contributed by atoms with Gasteiger partial charge in [-0.3, -0.25) is 0 Å². The molecule has 0 saturated heterocycles. The van der Waals surface area contributed by atoms with Crippen LogP contribution in [0.4, 0.5) is 12.7 Å². The molecule has 0 bridgehead atoms. The Balaban J connectivity index is 4.91. The van der Waals surface area contributed by atoms with Gasteiger partial charge in [0, 0.05) is 0 Å². The first-order chi connectivity index (χ1) is 5.56. The van der Waals surface area contributed by atoms with Crippen LogP contribution in [0.1, 0.15) is 0 Å². The van der Waals surface area contributed by atoms with Gasteiger partial charge in [-0.15, -0.1) is 0 Å². The summed E-state index contributed by atoms with van der Waals surface area (Å²) >= 11 is 14.3. The van der Waals surface area contributed by atoms with Crippen LogP contribution in [0.5, 0.6) is 0 Å². The number of alkyl halides is 2. The Morgan fingerprint density at radius 1 is 1.23 bits per heavy atom. The molecule has 0 fully saturated rings. The van der Waals surface area contributed by atoms with Crippen molar-refractivity contribution in [3.63, 3.8) is 0 Å². The quantitative estimate of drug-likeness (QED) is 0.746. The summed E-state index contributed by atoms with van der Waals surface area (Å²) in [6, 6.07) is 0. The Morgan fingerprint density at radius 3 is 1.85 bits per heavy atom. The van der Waals surface area contributed by atoms with Gasteiger partial charge >= 0.3 is 16.6 Å². The lowest BCUT2D eigenvalue weighted by Crippen LogP contribution is -2.23. The average molecular weight is 279 g/mol. The monoisotopic (exact) mass is 278 g/mol. The molecule has 0 aromatic carbocycles. The Labute approximate surface area is 86.4 Å². The predicted octanol–water partition coefficient (Wildman–Crippen LogP) is 2.70. The van der Waals surface area contributed by atoms with Gasteiger partial charge in [0.25, 0.3) is 0 Å². The van der Waals surface area contributed by atoms with E-state index in [9.17, 15) is 21.1 Å². The van der Waals surface area contributed by atoms with Gasteiger partial charge in [-0.25, -0.2) is 0 Å². The van der Waals surface area contributed by atoms with E-state index in [-0.39, 0.29) is 0 Å². The van der Waals surface area contributed by atoms with Crippen LogP contribution in [-0.2, 0) is 14.7 Å². The number of hydrogen-bond acceptors (Lipinski definition) is 3. The smallest absolute Gasteiger partial charge is 0.169 e. The molecule has 0 aliphatic carbocycles. The Kier molecular flexibility index (Phi) is 4.32. The Morgan fingerprint density at radius 2 is 1.62 bits per heavy atom. The van der Waals surface area contributed by atoms with E-state index >= 15 is 0 Å². The maximum Gasteiger partial charge on any atom is 0.442 e. The van der Waals surface area contributed by atoms with E-state index in [1.54, 1.807) is 0 Å². The van der Waals surface area contributed by atoms with Gasteiger partial charge in [0.2, 0.25) is 0 Å². The molecule has 0 heterocycles. The molecule has 0 aromatic heterocycles. The summed E-state index contributed by atoms with van der Waals surface area (Å²) in [5, 5.41) is -1.63. The standard InChI is InChI=1S/C3Cl3F3O3S/c4-1(2(5)6)3(7,8)12-13(9,10)11. The van der Waals surface area contributed by atoms with Gasteiger partial charge in [0.1, 0.15) is 9.52 Å². The summed E-state index contributed by atoms with van der Waals surface area (Å²) in [6.07, 6.45) is -4.62. The van der Waals surface area contributed by atoms with Crippen molar-refractivity contribution >= 4 is 45.3 Å². The topological polar surface area (TPSA) is 43.4 Å². The molecule has 0 saturated carbocycles. The first kappa shape index (κ1) is 13.3. The molecule has 0 amide bonds. The molecular formula is C3Cl3F3O3S. The highest BCUT2D eigenvalue weighted by molar-refractivity contribution is 7.81. The lowest BCUT2D eigenvalue weighted by atomic mass is 10.6. The van der Waals surface area contributed by atoms with Crippen LogP contribution in [0.3, 0.4) is 0 Å². The predicted molar refractivity (Wildman–Crippen MR) is 40.6 cm³/mol. The van der Waals surface area contributed by atoms with Crippen LogP contribution in [-0.4, -0.2) is 14.5 Å². The van der Waals surface area contributed by atoms with Crippen LogP contribution in [0.2, 0.25) is 0 Å². The summed E-state index contributed by atoms with van der Waals surface area (Å²) in [5.41, 5.74) is 0. The number of halogens is 6. The highest BCUT2D eigenvalue weighted by Crippen LogP contribution is 2.35. The van der Waals surface area contributed by atoms with Crippen LogP contribution in [0.15, 0.2) is 9.52 Å². The summed E-state index contributed by atoms with van der Waals surface area (Å²) in [7, 11) is -5.85. The summed E-state index contributed by atoms with van der Waals surface area (Å²) in [5.74, 6) is 0. The molecule has 0 atom stereocenters. The molecule has 78 valence electrons. The van der Waals surface area contributed by atoms with Crippen LogP contribution in [0.25, 0.3) is 0 Å². The van der Waals surface area contributed by atoms with Crippen molar-refractivity contribution in [1.82, 2.24) is 0 Å². The molecule has 13 heavy (non-hydrogen) atoms. The Bertz CT molecular complexity index is 320. The third kappa shape index (κ3) is 4.92. The maximum absolute atomic E-state index is 12.4. The summed E-state index contributed by atoms with van der Waals surface area (Å²) < 4.78 is 57.1. The second-order valence-electron chi connectivity index (χ2n) is 1.57. The van der Waals surface area contributed by atoms with Gasteiger partial charge in [-0.1, -0.05) is 38.7 Å². The van der Waals surface area contributed by atoms with Crippen molar-refractivity contribution in [1.29, 1.82) is 0 Å². The lowest BCUT2D eigenvalue weighted by molar-refractivity contribution is -0.134. The van der Waals surface area contributed by atoms with Crippen LogP contribution < -0.4 is 0 Å². The van der Waals surface area contributed by atoms with E-state index in [0.717, 1.165) is 0 Å². The van der Waals surface area contributed by atoms with Gasteiger partial charge in [-0.05, 0) is 0 Å². The van der Waals surface area contributed by atoms with E-state index < -0.39 is 26.1 Å². The minimum atomic E-state index is -5.85. The van der Waals surface area contributed by atoms with Crippen molar-refractivity contribution in [2.45, 2.75) is 6.11 Å². The lowest BCUT2D eigenvalue weighted by Gasteiger charge is -2.11. The molecule has 0 aliphatic heterocycles. The fraction of sp³-hybridized carbons (Fsp3) is 0.333. The third-order valence-corrected chi connectivity index (χ3v) is 2.01. The van der Waals surface area contributed by atoms with Crippen molar-refractivity contribution < 1.29 is 25.3 Å². The largest absolute Gasteiger partial charge is 0.442 e. The third-order valence-electron chi connectivity index (χ3n) is 0.626. The second-order valence-corrected chi connectivity index (χ2v) is 3.85. The summed E-state index contributed by atoms with van der Waals surface area (Å²) in [4.78, 5) is 0. The van der Waals surface area contributed by atoms with E-state index in [2.05, 4.69) is 4.18 Å².